The summed E-state index contributed by atoms with van der Waals surface area (Å²) >= 11 is 0. The summed E-state index contributed by atoms with van der Waals surface area (Å²) in [5.41, 5.74) is 5.77. The third kappa shape index (κ3) is 3.69. The molecule has 4 saturated heterocycles. The lowest BCUT2D eigenvalue weighted by Crippen LogP contribution is -2.89. The molecule has 2 bridgehead atoms. The number of carboxylic acids is 1. The van der Waals surface area contributed by atoms with E-state index in [1.54, 1.807) is 11.6 Å². The zero-order valence-electron chi connectivity index (χ0n) is 19.8. The van der Waals surface area contributed by atoms with Crippen molar-refractivity contribution in [2.24, 2.45) is 0 Å². The fourth-order valence-electron chi connectivity index (χ4n) is 5.93. The average Bonchev–Trinajstić information content (AvgIpc) is 3.38. The SMILES string of the molecule is O=C(O)/C=C/c1ccc(-c2ccc(OCCCCC(=O)NO)c(C3N4CN5CN6CN3C56C4)c2)cc1. The third-order valence-electron chi connectivity index (χ3n) is 7.68. The normalized spacial score (nSPS) is 26.5. The molecule has 188 valence electrons. The molecule has 10 heteroatoms. The number of ether oxygens (including phenoxy) is 1. The molecule has 2 aromatic rings. The predicted octanol–water partition coefficient (Wildman–Crippen LogP) is 2.29. The van der Waals surface area contributed by atoms with Gasteiger partial charge in [0.2, 0.25) is 5.91 Å². The largest absolute Gasteiger partial charge is 0.493 e. The molecule has 4 fully saturated rings. The van der Waals surface area contributed by atoms with Crippen LogP contribution < -0.4 is 10.2 Å². The number of carboxylic acid groups (broad SMARTS) is 1. The minimum Gasteiger partial charge on any atom is -0.493 e. The number of rotatable bonds is 10. The minimum absolute atomic E-state index is 0.0493. The monoisotopic (exact) mass is 491 g/mol. The molecule has 1 amide bonds. The molecule has 0 aliphatic carbocycles. The van der Waals surface area contributed by atoms with E-state index < -0.39 is 5.97 Å². The van der Waals surface area contributed by atoms with Gasteiger partial charge in [-0.05, 0) is 47.7 Å². The number of amides is 1. The van der Waals surface area contributed by atoms with Crippen LogP contribution in [0.15, 0.2) is 48.5 Å². The van der Waals surface area contributed by atoms with Crippen LogP contribution in [0.3, 0.4) is 0 Å². The molecular formula is C26H29N5O5. The summed E-state index contributed by atoms with van der Waals surface area (Å²) in [7, 11) is 0. The van der Waals surface area contributed by atoms with Gasteiger partial charge in [-0.25, -0.2) is 25.0 Å². The number of nitrogens with zero attached hydrogens (tertiary/aromatic N) is 4. The fourth-order valence-corrected chi connectivity index (χ4v) is 5.93. The average molecular weight is 492 g/mol. The molecule has 10 nitrogen and oxygen atoms in total. The lowest BCUT2D eigenvalue weighted by Gasteiger charge is -2.71. The highest BCUT2D eigenvalue weighted by Gasteiger charge is 2.74. The first-order valence-corrected chi connectivity index (χ1v) is 12.2. The highest BCUT2D eigenvalue weighted by molar-refractivity contribution is 5.85. The second kappa shape index (κ2) is 8.99. The van der Waals surface area contributed by atoms with Gasteiger partial charge in [-0.2, -0.15) is 0 Å². The van der Waals surface area contributed by atoms with E-state index in [4.69, 9.17) is 15.1 Å². The number of fused-ring (bicyclic) bond motifs is 1. The van der Waals surface area contributed by atoms with Crippen molar-refractivity contribution in [2.45, 2.75) is 31.2 Å². The number of nitrogens with one attached hydrogen (secondary N) is 1. The Kier molecular flexibility index (Phi) is 5.78. The summed E-state index contributed by atoms with van der Waals surface area (Å²) < 4.78 is 6.24. The van der Waals surface area contributed by atoms with E-state index in [0.717, 1.165) is 60.6 Å². The second-order valence-electron chi connectivity index (χ2n) is 9.76. The van der Waals surface area contributed by atoms with Gasteiger partial charge in [-0.3, -0.25) is 14.9 Å². The molecule has 3 atom stereocenters. The number of unbranched alkanes of at least 4 members (excludes halogenated alkanes) is 1. The zero-order valence-corrected chi connectivity index (χ0v) is 19.8. The molecule has 1 spiro atoms. The van der Waals surface area contributed by atoms with Crippen LogP contribution in [0.25, 0.3) is 17.2 Å². The Hall–Kier alpha value is -3.28. The maximum Gasteiger partial charge on any atom is 0.328 e. The van der Waals surface area contributed by atoms with E-state index in [0.29, 0.717) is 19.4 Å². The van der Waals surface area contributed by atoms with Crippen LogP contribution in [0.2, 0.25) is 0 Å². The highest BCUT2D eigenvalue weighted by Crippen LogP contribution is 2.59. The Morgan fingerprint density at radius 2 is 1.83 bits per heavy atom. The van der Waals surface area contributed by atoms with Crippen molar-refractivity contribution < 1.29 is 24.6 Å². The number of benzene rings is 2. The van der Waals surface area contributed by atoms with E-state index >= 15 is 0 Å². The molecule has 3 N–H and O–H groups in total. The van der Waals surface area contributed by atoms with Crippen LogP contribution >= 0.6 is 0 Å². The van der Waals surface area contributed by atoms with Gasteiger partial charge in [0.05, 0.1) is 32.8 Å². The first-order chi connectivity index (χ1) is 17.5. The van der Waals surface area contributed by atoms with Gasteiger partial charge in [0.15, 0.2) is 5.79 Å². The lowest BCUT2D eigenvalue weighted by molar-refractivity contribution is -0.366. The van der Waals surface area contributed by atoms with Gasteiger partial charge in [-0.15, -0.1) is 0 Å². The molecule has 0 aromatic heterocycles. The first-order valence-electron chi connectivity index (χ1n) is 12.2. The summed E-state index contributed by atoms with van der Waals surface area (Å²) in [4.78, 5) is 32.1. The molecular weight excluding hydrogens is 462 g/mol. The summed E-state index contributed by atoms with van der Waals surface area (Å²) in [5.74, 6) is -0.449. The molecule has 2 aromatic carbocycles. The van der Waals surface area contributed by atoms with Gasteiger partial charge in [0.1, 0.15) is 5.75 Å². The maximum absolute atomic E-state index is 11.3. The predicted molar refractivity (Wildman–Crippen MR) is 130 cm³/mol. The first kappa shape index (κ1) is 23.1. The maximum atomic E-state index is 11.3. The third-order valence-corrected chi connectivity index (χ3v) is 7.68. The van der Waals surface area contributed by atoms with Crippen LogP contribution in [0.1, 0.15) is 36.6 Å². The van der Waals surface area contributed by atoms with Crippen molar-refractivity contribution in [3.63, 3.8) is 0 Å². The number of hydrogen-bond acceptors (Lipinski definition) is 8. The molecule has 4 heterocycles. The lowest BCUT2D eigenvalue weighted by atomic mass is 9.98. The van der Waals surface area contributed by atoms with Gasteiger partial charge < -0.3 is 9.84 Å². The Morgan fingerprint density at radius 1 is 1.06 bits per heavy atom. The van der Waals surface area contributed by atoms with Crippen molar-refractivity contribution in [1.29, 1.82) is 0 Å². The van der Waals surface area contributed by atoms with Crippen molar-refractivity contribution >= 4 is 18.0 Å². The van der Waals surface area contributed by atoms with Gasteiger partial charge in [0.25, 0.3) is 0 Å². The van der Waals surface area contributed by atoms with E-state index in [1.165, 1.54) is 0 Å². The highest BCUT2D eigenvalue weighted by atomic mass is 16.5. The van der Waals surface area contributed by atoms with Gasteiger partial charge in [-0.1, -0.05) is 30.3 Å². The van der Waals surface area contributed by atoms with Crippen molar-refractivity contribution in [1.82, 2.24) is 25.1 Å². The van der Waals surface area contributed by atoms with Crippen molar-refractivity contribution in [3.8, 4) is 16.9 Å². The molecule has 6 rings (SSSR count). The summed E-state index contributed by atoms with van der Waals surface area (Å²) in [6.45, 7) is 4.42. The number of hydrogen-bond donors (Lipinski definition) is 3. The van der Waals surface area contributed by atoms with Gasteiger partial charge >= 0.3 is 5.97 Å². The Morgan fingerprint density at radius 3 is 2.56 bits per heavy atom. The van der Waals surface area contributed by atoms with E-state index in [9.17, 15) is 9.59 Å². The standard InChI is InChI=1S/C26H29N5O5/c32-23(27-35)3-1-2-12-36-22-10-9-20(19-7-4-18(5-8-19)6-11-24(33)34)13-21(22)25-28-14-26-29(15-28)16-30(26)17-31(25)26/h4-11,13,25,35H,1-3,12,14-17H2,(H,27,32)(H,33,34)/b11-6+. The number of carbonyl (C=O) groups excluding carboxylic acids is 1. The van der Waals surface area contributed by atoms with Crippen LogP contribution in [-0.4, -0.2) is 80.7 Å². The minimum atomic E-state index is -0.967. The van der Waals surface area contributed by atoms with E-state index in [-0.39, 0.29) is 24.3 Å². The zero-order chi connectivity index (χ0) is 24.9. The van der Waals surface area contributed by atoms with Gasteiger partial charge in [0, 0.05) is 24.6 Å². The van der Waals surface area contributed by atoms with Crippen LogP contribution in [-0.2, 0) is 9.59 Å². The Bertz CT molecular complexity index is 1220. The summed E-state index contributed by atoms with van der Waals surface area (Å²) in [6, 6.07) is 14.1. The molecule has 36 heavy (non-hydrogen) atoms. The summed E-state index contributed by atoms with van der Waals surface area (Å²) in [5, 5.41) is 17.5. The topological polar surface area (TPSA) is 109 Å². The molecule has 4 aliphatic rings. The van der Waals surface area contributed by atoms with E-state index in [2.05, 4.69) is 31.7 Å². The quantitative estimate of drug-likeness (QED) is 0.200. The van der Waals surface area contributed by atoms with Crippen LogP contribution in [0.4, 0.5) is 0 Å². The Balaban J connectivity index is 1.24. The summed E-state index contributed by atoms with van der Waals surface area (Å²) in [6.07, 6.45) is 4.48. The fraction of sp³-hybridized carbons (Fsp3) is 0.385. The van der Waals surface area contributed by atoms with E-state index in [1.807, 2.05) is 30.3 Å². The molecule has 3 unspecified atom stereocenters. The number of hydroxylamine groups is 1. The number of aliphatic carboxylic acids is 1. The van der Waals surface area contributed by atoms with Crippen molar-refractivity contribution in [2.75, 3.05) is 33.2 Å². The second-order valence-corrected chi connectivity index (χ2v) is 9.76. The molecule has 0 saturated carbocycles. The molecule has 0 radical (unpaired) electrons. The van der Waals surface area contributed by atoms with Crippen LogP contribution in [0, 0.1) is 0 Å². The number of carbonyl (C=O) groups is 2. The Labute approximate surface area is 208 Å². The van der Waals surface area contributed by atoms with Crippen LogP contribution in [0.5, 0.6) is 5.75 Å². The molecule has 4 aliphatic heterocycles. The van der Waals surface area contributed by atoms with Crippen molar-refractivity contribution in [3.05, 3.63) is 59.7 Å². The smallest absolute Gasteiger partial charge is 0.328 e.